The van der Waals surface area contributed by atoms with Gasteiger partial charge in [-0.25, -0.2) is 9.37 Å². The molecule has 0 bridgehead atoms. The number of hydrogen-bond acceptors (Lipinski definition) is 6. The minimum atomic E-state index is -1.04. The molecule has 3 aromatic rings. The molecule has 0 amide bonds. The molecule has 33 heavy (non-hydrogen) atoms. The molecular formula is C25H29FN6S. The van der Waals surface area contributed by atoms with Gasteiger partial charge in [0.15, 0.2) is 0 Å². The average Bonchev–Trinajstić information content (AvgIpc) is 3.60. The van der Waals surface area contributed by atoms with Crippen molar-refractivity contribution in [2.24, 2.45) is 10.1 Å². The maximum atomic E-state index is 14.3. The Kier molecular flexibility index (Phi) is 5.30. The first-order chi connectivity index (χ1) is 16.0. The van der Waals surface area contributed by atoms with E-state index in [1.807, 2.05) is 11.0 Å². The van der Waals surface area contributed by atoms with Crippen LogP contribution in [0.3, 0.4) is 0 Å². The van der Waals surface area contributed by atoms with E-state index in [2.05, 4.69) is 48.2 Å². The summed E-state index contributed by atoms with van der Waals surface area (Å²) in [5.41, 5.74) is 9.33. The van der Waals surface area contributed by atoms with E-state index in [0.717, 1.165) is 41.1 Å². The number of alkyl halides is 1. The van der Waals surface area contributed by atoms with E-state index in [1.165, 1.54) is 23.3 Å². The SMILES string of the molecule is Cc1ccc2nc(N3CCS(=NC4CC4)c4ccccc4C3)nc(N3CC(N)C(F)C3)c2c1. The Labute approximate surface area is 196 Å². The Bertz CT molecular complexity index is 1230. The van der Waals surface area contributed by atoms with E-state index < -0.39 is 12.2 Å². The zero-order chi connectivity index (χ0) is 22.5. The minimum absolute atomic E-state index is 0.0949. The van der Waals surface area contributed by atoms with Crippen LogP contribution < -0.4 is 15.5 Å². The molecule has 2 aromatic carbocycles. The molecule has 8 heteroatoms. The van der Waals surface area contributed by atoms with Crippen molar-refractivity contribution in [2.45, 2.75) is 49.5 Å². The van der Waals surface area contributed by atoms with Gasteiger partial charge in [-0.15, -0.1) is 0 Å². The van der Waals surface area contributed by atoms with Crippen molar-refractivity contribution in [1.82, 2.24) is 9.97 Å². The molecule has 0 radical (unpaired) electrons. The summed E-state index contributed by atoms with van der Waals surface area (Å²) < 4.78 is 19.5. The average molecular weight is 465 g/mol. The first kappa shape index (κ1) is 21.0. The van der Waals surface area contributed by atoms with Gasteiger partial charge in [0, 0.05) is 35.7 Å². The van der Waals surface area contributed by atoms with Crippen LogP contribution >= 0.6 is 0 Å². The highest BCUT2D eigenvalue weighted by Crippen LogP contribution is 2.33. The van der Waals surface area contributed by atoms with Gasteiger partial charge >= 0.3 is 0 Å². The molecule has 6 nitrogen and oxygen atoms in total. The number of rotatable bonds is 3. The van der Waals surface area contributed by atoms with Crippen molar-refractivity contribution < 1.29 is 4.39 Å². The first-order valence-corrected chi connectivity index (χ1v) is 13.1. The number of aromatic nitrogens is 2. The maximum Gasteiger partial charge on any atom is 0.228 e. The van der Waals surface area contributed by atoms with Crippen molar-refractivity contribution in [1.29, 1.82) is 0 Å². The number of aryl methyl sites for hydroxylation is 1. The largest absolute Gasteiger partial charge is 0.351 e. The van der Waals surface area contributed by atoms with Gasteiger partial charge in [0.05, 0.1) is 24.1 Å². The summed E-state index contributed by atoms with van der Waals surface area (Å²) in [4.78, 5) is 15.6. The third-order valence-electron chi connectivity index (χ3n) is 6.66. The summed E-state index contributed by atoms with van der Waals surface area (Å²) in [6, 6.07) is 14.9. The lowest BCUT2D eigenvalue weighted by molar-refractivity contribution is 0.333. The fourth-order valence-electron chi connectivity index (χ4n) is 4.65. The van der Waals surface area contributed by atoms with Gasteiger partial charge in [0.2, 0.25) is 5.95 Å². The van der Waals surface area contributed by atoms with Crippen molar-refractivity contribution >= 4 is 33.4 Å². The molecule has 2 aliphatic heterocycles. The van der Waals surface area contributed by atoms with Crippen LogP contribution in [0.25, 0.3) is 10.9 Å². The number of nitrogens with two attached hydrogens (primary N) is 1. The van der Waals surface area contributed by atoms with Gasteiger partial charge in [-0.2, -0.15) is 4.98 Å². The van der Waals surface area contributed by atoms with Crippen LogP contribution in [0.2, 0.25) is 0 Å². The third-order valence-corrected chi connectivity index (χ3v) is 8.69. The zero-order valence-electron chi connectivity index (χ0n) is 18.8. The molecule has 1 saturated carbocycles. The van der Waals surface area contributed by atoms with E-state index >= 15 is 0 Å². The van der Waals surface area contributed by atoms with E-state index in [1.54, 1.807) is 0 Å². The van der Waals surface area contributed by atoms with Crippen molar-refractivity contribution in [3.05, 3.63) is 53.6 Å². The van der Waals surface area contributed by atoms with Crippen molar-refractivity contribution in [3.8, 4) is 0 Å². The fraction of sp³-hybridized carbons (Fsp3) is 0.440. The Balaban J connectivity index is 1.42. The number of fused-ring (bicyclic) bond motifs is 2. The zero-order valence-corrected chi connectivity index (χ0v) is 19.6. The quantitative estimate of drug-likeness (QED) is 0.639. The Hall–Kier alpha value is -2.58. The normalized spacial score (nSPS) is 25.5. The van der Waals surface area contributed by atoms with Crippen LogP contribution in [0.5, 0.6) is 0 Å². The van der Waals surface area contributed by atoms with E-state index in [9.17, 15) is 4.39 Å². The second-order valence-corrected chi connectivity index (χ2v) is 11.2. The molecule has 0 spiro atoms. The standard InChI is InChI=1S/C25H29FN6S/c1-16-6-9-22-19(12-16)24(32-14-20(26)21(27)15-32)29-25(28-22)31-10-11-33(30-18-7-8-18)23-5-3-2-4-17(23)13-31/h2-6,9,12,18,20-21H,7-8,10-11,13-15,27H2,1H3. The van der Waals surface area contributed by atoms with Crippen LogP contribution in [-0.4, -0.2) is 53.6 Å². The fourth-order valence-corrected chi connectivity index (χ4v) is 6.73. The second-order valence-electron chi connectivity index (χ2n) is 9.39. The highest BCUT2D eigenvalue weighted by Gasteiger charge is 2.32. The lowest BCUT2D eigenvalue weighted by Crippen LogP contribution is -2.31. The summed E-state index contributed by atoms with van der Waals surface area (Å²) in [7, 11) is -0.0949. The Morgan fingerprint density at radius 1 is 1.09 bits per heavy atom. The van der Waals surface area contributed by atoms with Gasteiger partial charge in [0.1, 0.15) is 12.0 Å². The summed E-state index contributed by atoms with van der Waals surface area (Å²) in [5.74, 6) is 2.46. The molecule has 2 fully saturated rings. The molecule has 172 valence electrons. The predicted octanol–water partition coefficient (Wildman–Crippen LogP) is 3.77. The molecular weight excluding hydrogens is 435 g/mol. The van der Waals surface area contributed by atoms with Gasteiger partial charge in [-0.3, -0.25) is 4.36 Å². The molecule has 3 aliphatic rings. The molecule has 1 saturated heterocycles. The molecule has 2 N–H and O–H groups in total. The third kappa shape index (κ3) is 4.10. The molecule has 3 unspecified atom stereocenters. The Morgan fingerprint density at radius 3 is 2.73 bits per heavy atom. The lowest BCUT2D eigenvalue weighted by Gasteiger charge is -2.25. The van der Waals surface area contributed by atoms with Crippen molar-refractivity contribution in [3.63, 3.8) is 0 Å². The van der Waals surface area contributed by atoms with Gasteiger partial charge in [0.25, 0.3) is 0 Å². The molecule has 6 rings (SSSR count). The molecule has 1 aromatic heterocycles. The summed E-state index contributed by atoms with van der Waals surface area (Å²) >= 11 is 0. The number of halogens is 1. The monoisotopic (exact) mass is 464 g/mol. The van der Waals surface area contributed by atoms with Crippen LogP contribution in [-0.2, 0) is 17.2 Å². The van der Waals surface area contributed by atoms with Crippen LogP contribution in [0.1, 0.15) is 24.0 Å². The maximum absolute atomic E-state index is 14.3. The van der Waals surface area contributed by atoms with Crippen LogP contribution in [0.4, 0.5) is 16.2 Å². The number of anilines is 2. The first-order valence-electron chi connectivity index (χ1n) is 11.7. The van der Waals surface area contributed by atoms with E-state index in [4.69, 9.17) is 20.1 Å². The number of benzene rings is 2. The van der Waals surface area contributed by atoms with Crippen LogP contribution in [0, 0.1) is 6.92 Å². The minimum Gasteiger partial charge on any atom is -0.351 e. The molecule has 1 aliphatic carbocycles. The van der Waals surface area contributed by atoms with E-state index in [0.29, 0.717) is 18.5 Å². The van der Waals surface area contributed by atoms with Gasteiger partial charge in [-0.1, -0.05) is 40.5 Å². The summed E-state index contributed by atoms with van der Waals surface area (Å²) in [5, 5.41) is 0.957. The topological polar surface area (TPSA) is 70.6 Å². The van der Waals surface area contributed by atoms with Crippen LogP contribution in [0.15, 0.2) is 51.7 Å². The molecule has 3 atom stereocenters. The summed E-state index contributed by atoms with van der Waals surface area (Å²) in [6.45, 7) is 4.39. The highest BCUT2D eigenvalue weighted by atomic mass is 32.2. The van der Waals surface area contributed by atoms with Gasteiger partial charge in [-0.05, 0) is 43.5 Å². The smallest absolute Gasteiger partial charge is 0.228 e. The summed E-state index contributed by atoms with van der Waals surface area (Å²) in [6.07, 6.45) is 1.40. The van der Waals surface area contributed by atoms with E-state index in [-0.39, 0.29) is 17.2 Å². The highest BCUT2D eigenvalue weighted by molar-refractivity contribution is 7.87. The molecule has 3 heterocycles. The second kappa shape index (κ2) is 8.33. The number of hydrogen-bond donors (Lipinski definition) is 1. The van der Waals surface area contributed by atoms with Gasteiger partial charge < -0.3 is 15.5 Å². The van der Waals surface area contributed by atoms with Crippen molar-refractivity contribution in [2.75, 3.05) is 35.2 Å². The number of nitrogens with zero attached hydrogens (tertiary/aromatic N) is 5. The lowest BCUT2D eigenvalue weighted by atomic mass is 10.1. The Morgan fingerprint density at radius 2 is 1.94 bits per heavy atom. The predicted molar refractivity (Wildman–Crippen MR) is 133 cm³/mol.